The molecule has 0 N–H and O–H groups in total. The minimum Gasteiger partial charge on any atom is -0.342 e. The summed E-state index contributed by atoms with van der Waals surface area (Å²) in [5.41, 5.74) is 0.522. The average Bonchev–Trinajstić information content (AvgIpc) is 2.94. The van der Waals surface area contributed by atoms with Crippen LogP contribution in [0.4, 0.5) is 8.78 Å². The van der Waals surface area contributed by atoms with Crippen molar-refractivity contribution in [3.8, 4) is 0 Å². The van der Waals surface area contributed by atoms with Crippen LogP contribution in [0.1, 0.15) is 90.1 Å². The molecule has 2 aliphatic heterocycles. The zero-order valence-corrected chi connectivity index (χ0v) is 26.9. The van der Waals surface area contributed by atoms with Crippen molar-refractivity contribution in [2.45, 2.75) is 80.6 Å². The van der Waals surface area contributed by atoms with Crippen LogP contribution in [0.2, 0.25) is 5.02 Å². The Balaban J connectivity index is 0.000000345. The van der Waals surface area contributed by atoms with Gasteiger partial charge < -0.3 is 4.90 Å². The van der Waals surface area contributed by atoms with Crippen molar-refractivity contribution in [2.75, 3.05) is 32.7 Å². The first-order valence-corrected chi connectivity index (χ1v) is 15.6. The van der Waals surface area contributed by atoms with Crippen LogP contribution in [0.3, 0.4) is 0 Å². The summed E-state index contributed by atoms with van der Waals surface area (Å²) in [4.78, 5) is 28.0. The molecular weight excluding hydrogens is 542 g/mol. The van der Waals surface area contributed by atoms with E-state index in [4.69, 9.17) is 11.6 Å². The number of halogens is 3. The van der Waals surface area contributed by atoms with Gasteiger partial charge in [-0.1, -0.05) is 78.3 Å². The Morgan fingerprint density at radius 1 is 0.829 bits per heavy atom. The minimum atomic E-state index is -0.645. The lowest BCUT2D eigenvalue weighted by atomic mass is 9.98. The molecule has 2 fully saturated rings. The summed E-state index contributed by atoms with van der Waals surface area (Å²) in [7, 11) is 0. The van der Waals surface area contributed by atoms with Gasteiger partial charge in [-0.25, -0.2) is 8.78 Å². The van der Waals surface area contributed by atoms with Crippen LogP contribution in [0.25, 0.3) is 0 Å². The maximum Gasteiger partial charge on any atom is 0.227 e. The molecule has 0 aliphatic carbocycles. The average molecular weight is 593 g/mol. The molecule has 0 saturated carbocycles. The minimum absolute atomic E-state index is 0.124. The Kier molecular flexibility index (Phi) is 17.7. The molecule has 0 radical (unpaired) electrons. The van der Waals surface area contributed by atoms with Crippen LogP contribution in [0, 0.1) is 29.4 Å². The molecule has 0 atom stereocenters. The largest absolute Gasteiger partial charge is 0.342 e. The van der Waals surface area contributed by atoms with E-state index in [1.165, 1.54) is 31.0 Å². The number of hydrogen-bond acceptors (Lipinski definition) is 3. The smallest absolute Gasteiger partial charge is 0.227 e. The van der Waals surface area contributed by atoms with Crippen LogP contribution in [0.15, 0.2) is 42.5 Å². The Bertz CT molecular complexity index is 1020. The van der Waals surface area contributed by atoms with E-state index in [1.54, 1.807) is 17.0 Å². The lowest BCUT2D eigenvalue weighted by Gasteiger charge is -2.30. The van der Waals surface area contributed by atoms with E-state index in [0.717, 1.165) is 37.8 Å². The van der Waals surface area contributed by atoms with Gasteiger partial charge in [-0.3, -0.25) is 14.5 Å². The van der Waals surface area contributed by atoms with E-state index < -0.39 is 11.6 Å². The van der Waals surface area contributed by atoms with Crippen molar-refractivity contribution in [3.63, 3.8) is 0 Å². The fraction of sp³-hybridized carbons (Fsp3) is 0.588. The molecular formula is C34H51ClF2N2O2. The number of piperidine rings is 2. The van der Waals surface area contributed by atoms with Crippen LogP contribution < -0.4 is 0 Å². The van der Waals surface area contributed by atoms with E-state index in [-0.39, 0.29) is 23.7 Å². The zero-order chi connectivity index (χ0) is 30.9. The molecule has 2 aliphatic rings. The molecule has 2 heterocycles. The second-order valence-corrected chi connectivity index (χ2v) is 11.9. The topological polar surface area (TPSA) is 40.6 Å². The molecule has 4 rings (SSSR count). The van der Waals surface area contributed by atoms with Crippen molar-refractivity contribution < 1.29 is 18.4 Å². The van der Waals surface area contributed by atoms with Crippen molar-refractivity contribution in [2.24, 2.45) is 17.8 Å². The van der Waals surface area contributed by atoms with Gasteiger partial charge in [-0.15, -0.1) is 0 Å². The molecule has 2 aromatic carbocycles. The number of hydrogen-bond donors (Lipinski definition) is 0. The summed E-state index contributed by atoms with van der Waals surface area (Å²) >= 11 is 6.02. The highest BCUT2D eigenvalue weighted by Crippen LogP contribution is 2.20. The number of likely N-dealkylation sites (tertiary alicyclic amines) is 2. The standard InChI is InChI=1S/C14H18ClNO.C14H17F2NO.C4H10.C2H6/c1-11-6-8-16(9-7-11)10-14(17)12-4-2-3-5-13(12)15;1-10-5-7-17(8-6-10)14(18)9-11-12(15)3-2-4-13(11)16;1-4(2)3;1-2/h2-5,11H,6-10H2,1H3;2-4,10H,5-9H2,1H3;4H,1-3H3;1-2H3. The number of nitrogens with zero attached hydrogens (tertiary/aromatic N) is 2. The zero-order valence-electron chi connectivity index (χ0n) is 26.2. The second-order valence-electron chi connectivity index (χ2n) is 11.5. The summed E-state index contributed by atoms with van der Waals surface area (Å²) in [5, 5.41) is 0.558. The van der Waals surface area contributed by atoms with Crippen LogP contribution in [0.5, 0.6) is 0 Å². The number of carbonyl (C=O) groups excluding carboxylic acids is 2. The summed E-state index contributed by atoms with van der Waals surface area (Å²) in [6.45, 7) is 18.9. The van der Waals surface area contributed by atoms with Crippen LogP contribution in [-0.2, 0) is 11.2 Å². The molecule has 1 amide bonds. The number of ketones is 1. The maximum atomic E-state index is 13.4. The predicted molar refractivity (Wildman–Crippen MR) is 168 cm³/mol. The first kappa shape index (κ1) is 36.7. The Hall–Kier alpha value is -2.31. The third-order valence-electron chi connectivity index (χ3n) is 6.94. The highest BCUT2D eigenvalue weighted by Gasteiger charge is 2.22. The Morgan fingerprint density at radius 3 is 1.78 bits per heavy atom. The molecule has 0 spiro atoms. The predicted octanol–water partition coefficient (Wildman–Crippen LogP) is 8.71. The molecule has 230 valence electrons. The molecule has 41 heavy (non-hydrogen) atoms. The summed E-state index contributed by atoms with van der Waals surface area (Å²) in [5.74, 6) is 0.902. The normalized spacial score (nSPS) is 16.0. The first-order valence-electron chi connectivity index (χ1n) is 15.2. The molecule has 0 bridgehead atoms. The Morgan fingerprint density at radius 2 is 1.29 bits per heavy atom. The highest BCUT2D eigenvalue weighted by atomic mass is 35.5. The number of rotatable bonds is 5. The fourth-order valence-corrected chi connectivity index (χ4v) is 4.66. The summed E-state index contributed by atoms with van der Waals surface area (Å²) < 4.78 is 26.9. The number of Topliss-reactive ketones (excluding diaryl/α,β-unsaturated/α-hetero) is 1. The van der Waals surface area contributed by atoms with E-state index in [0.29, 0.717) is 36.1 Å². The van der Waals surface area contributed by atoms with E-state index in [1.807, 2.05) is 26.0 Å². The SMILES string of the molecule is CC.CC(C)C.CC1CCN(C(=O)Cc2c(F)cccc2F)CC1.CC1CCN(CC(=O)c2ccccc2Cl)CC1. The van der Waals surface area contributed by atoms with Crippen molar-refractivity contribution in [1.82, 2.24) is 9.80 Å². The molecule has 7 heteroatoms. The van der Waals surface area contributed by atoms with Crippen molar-refractivity contribution in [3.05, 3.63) is 70.2 Å². The van der Waals surface area contributed by atoms with Gasteiger partial charge in [-0.05, 0) is 80.8 Å². The monoisotopic (exact) mass is 592 g/mol. The van der Waals surface area contributed by atoms with Gasteiger partial charge in [0.15, 0.2) is 5.78 Å². The number of carbonyl (C=O) groups is 2. The third-order valence-corrected chi connectivity index (χ3v) is 7.27. The van der Waals surface area contributed by atoms with Gasteiger partial charge in [0.05, 0.1) is 18.0 Å². The van der Waals surface area contributed by atoms with E-state index in [9.17, 15) is 18.4 Å². The lowest BCUT2D eigenvalue weighted by molar-refractivity contribution is -0.131. The highest BCUT2D eigenvalue weighted by molar-refractivity contribution is 6.34. The van der Waals surface area contributed by atoms with Gasteiger partial charge in [-0.2, -0.15) is 0 Å². The second kappa shape index (κ2) is 19.7. The van der Waals surface area contributed by atoms with Gasteiger partial charge in [0.25, 0.3) is 0 Å². The molecule has 4 nitrogen and oxygen atoms in total. The first-order chi connectivity index (χ1) is 19.5. The molecule has 0 unspecified atom stereocenters. The van der Waals surface area contributed by atoms with E-state index >= 15 is 0 Å². The fourth-order valence-electron chi connectivity index (χ4n) is 4.42. The van der Waals surface area contributed by atoms with E-state index in [2.05, 4.69) is 39.5 Å². The number of amides is 1. The van der Waals surface area contributed by atoms with Gasteiger partial charge in [0, 0.05) is 24.2 Å². The molecule has 0 aromatic heterocycles. The quantitative estimate of drug-likeness (QED) is 0.326. The van der Waals surface area contributed by atoms with Crippen molar-refractivity contribution >= 4 is 23.3 Å². The van der Waals surface area contributed by atoms with Crippen molar-refractivity contribution in [1.29, 1.82) is 0 Å². The third kappa shape index (κ3) is 13.9. The summed E-state index contributed by atoms with van der Waals surface area (Å²) in [6.07, 6.45) is 4.12. The van der Waals surface area contributed by atoms with Crippen LogP contribution in [-0.4, -0.2) is 54.2 Å². The van der Waals surface area contributed by atoms with Crippen LogP contribution >= 0.6 is 11.6 Å². The lowest BCUT2D eigenvalue weighted by Crippen LogP contribution is -2.39. The number of benzene rings is 2. The molecule has 2 aromatic rings. The summed E-state index contributed by atoms with van der Waals surface area (Å²) in [6, 6.07) is 11.0. The van der Waals surface area contributed by atoms with Gasteiger partial charge in [0.1, 0.15) is 11.6 Å². The van der Waals surface area contributed by atoms with Gasteiger partial charge in [0.2, 0.25) is 5.91 Å². The Labute approximate surface area is 252 Å². The maximum absolute atomic E-state index is 13.4. The molecule has 2 saturated heterocycles. The van der Waals surface area contributed by atoms with Gasteiger partial charge >= 0.3 is 0 Å².